The van der Waals surface area contributed by atoms with Crippen LogP contribution in [0.5, 0.6) is 11.5 Å². The van der Waals surface area contributed by atoms with Gasteiger partial charge in [-0.15, -0.1) is 0 Å². The van der Waals surface area contributed by atoms with Gasteiger partial charge in [-0.05, 0) is 30.2 Å². The van der Waals surface area contributed by atoms with Crippen LogP contribution in [0.2, 0.25) is 0 Å². The lowest BCUT2D eigenvalue weighted by Gasteiger charge is -2.34. The Morgan fingerprint density at radius 3 is 3.00 bits per heavy atom. The summed E-state index contributed by atoms with van der Waals surface area (Å²) in [4.78, 5) is 25.9. The maximum absolute atomic E-state index is 15.5. The number of aromatic nitrogens is 1. The second-order valence-corrected chi connectivity index (χ2v) is 9.24. The van der Waals surface area contributed by atoms with Gasteiger partial charge >= 0.3 is 6.16 Å². The topological polar surface area (TPSA) is 110 Å². The van der Waals surface area contributed by atoms with Crippen molar-refractivity contribution in [1.82, 2.24) is 4.68 Å². The summed E-state index contributed by atoms with van der Waals surface area (Å²) in [6.07, 6.45) is 5.26. The molecule has 2 fully saturated rings. The number of rotatable bonds is 3. The molecule has 2 aromatic rings. The number of ether oxygens (including phenoxy) is 2. The molecule has 1 saturated heterocycles. The summed E-state index contributed by atoms with van der Waals surface area (Å²) in [5, 5.41) is 10.6. The van der Waals surface area contributed by atoms with Gasteiger partial charge in [-0.25, -0.2) is 9.18 Å². The Balaban J connectivity index is 1.50. The summed E-state index contributed by atoms with van der Waals surface area (Å²) >= 11 is 0. The third-order valence-electron chi connectivity index (χ3n) is 7.72. The third-order valence-corrected chi connectivity index (χ3v) is 7.72. The quantitative estimate of drug-likeness (QED) is 0.546. The highest BCUT2D eigenvalue weighted by atomic mass is 19.1. The van der Waals surface area contributed by atoms with Crippen LogP contribution in [0.4, 0.5) is 14.9 Å². The molecule has 1 saturated carbocycles. The Labute approximate surface area is 182 Å². The van der Waals surface area contributed by atoms with Gasteiger partial charge in [0.15, 0.2) is 18.3 Å². The summed E-state index contributed by atoms with van der Waals surface area (Å²) in [5.74, 6) is 0.541. The molecule has 1 aromatic carbocycles. The van der Waals surface area contributed by atoms with E-state index >= 15 is 4.39 Å². The average Bonchev–Trinajstić information content (AvgIpc) is 3.44. The van der Waals surface area contributed by atoms with E-state index in [1.807, 2.05) is 4.90 Å². The van der Waals surface area contributed by atoms with E-state index in [-0.39, 0.29) is 23.3 Å². The van der Waals surface area contributed by atoms with Gasteiger partial charge < -0.3 is 25.2 Å². The molecule has 10 heteroatoms. The van der Waals surface area contributed by atoms with Crippen molar-refractivity contribution in [3.8, 4) is 11.5 Å². The summed E-state index contributed by atoms with van der Waals surface area (Å²) in [5.41, 5.74) is 6.15. The molecule has 2 aliphatic heterocycles. The number of anilines is 1. The average molecular weight is 442 g/mol. The SMILES string of the molecule is CN1COc2c(N3CC4C5C=CC(CN)(C5)C4C3)c(F)cc3c(=O)c(OC(=O)O)cn1c23. The van der Waals surface area contributed by atoms with Crippen molar-refractivity contribution in [1.29, 1.82) is 0 Å². The number of nitrogens with zero attached hydrogens (tertiary/aromatic N) is 3. The lowest BCUT2D eigenvalue weighted by molar-refractivity contribution is 0.143. The minimum absolute atomic E-state index is 0.00565. The molecule has 1 aromatic heterocycles. The Bertz CT molecular complexity index is 1260. The maximum atomic E-state index is 15.5. The van der Waals surface area contributed by atoms with E-state index in [1.54, 1.807) is 16.7 Å². The van der Waals surface area contributed by atoms with Gasteiger partial charge in [-0.3, -0.25) is 14.5 Å². The molecule has 9 nitrogen and oxygen atoms in total. The fraction of sp³-hybridized carbons (Fsp3) is 0.455. The van der Waals surface area contributed by atoms with Crippen LogP contribution in [0.1, 0.15) is 6.42 Å². The number of hydrogen-bond donors (Lipinski definition) is 2. The van der Waals surface area contributed by atoms with E-state index in [4.69, 9.17) is 15.6 Å². The predicted octanol–water partition coefficient (Wildman–Crippen LogP) is 1.70. The minimum atomic E-state index is -1.61. The van der Waals surface area contributed by atoms with Crippen molar-refractivity contribution in [2.75, 3.05) is 43.3 Å². The van der Waals surface area contributed by atoms with Gasteiger partial charge in [0.2, 0.25) is 11.2 Å². The lowest BCUT2D eigenvalue weighted by Crippen LogP contribution is -2.40. The first-order chi connectivity index (χ1) is 15.3. The van der Waals surface area contributed by atoms with Gasteiger partial charge in [0.25, 0.3) is 0 Å². The molecule has 4 unspecified atom stereocenters. The van der Waals surface area contributed by atoms with E-state index in [0.29, 0.717) is 54.3 Å². The highest BCUT2D eigenvalue weighted by molar-refractivity contribution is 5.93. The van der Waals surface area contributed by atoms with E-state index in [2.05, 4.69) is 16.9 Å². The molecule has 168 valence electrons. The normalized spacial score (nSPS) is 29.5. The molecule has 6 rings (SSSR count). The Kier molecular flexibility index (Phi) is 3.87. The molecule has 3 heterocycles. The maximum Gasteiger partial charge on any atom is 0.511 e. The summed E-state index contributed by atoms with van der Waals surface area (Å²) < 4.78 is 27.7. The molecule has 4 atom stereocenters. The third kappa shape index (κ3) is 2.41. The van der Waals surface area contributed by atoms with Gasteiger partial charge in [0.05, 0.1) is 11.6 Å². The number of carboxylic acid groups (broad SMARTS) is 1. The largest absolute Gasteiger partial charge is 0.511 e. The number of carbonyl (C=O) groups is 1. The Morgan fingerprint density at radius 2 is 2.25 bits per heavy atom. The number of benzene rings is 1. The van der Waals surface area contributed by atoms with Crippen molar-refractivity contribution in [3.63, 3.8) is 0 Å². The second-order valence-electron chi connectivity index (χ2n) is 9.24. The van der Waals surface area contributed by atoms with Crippen LogP contribution >= 0.6 is 0 Å². The Hall–Kier alpha value is -3.27. The first-order valence-electron chi connectivity index (χ1n) is 10.6. The van der Waals surface area contributed by atoms with E-state index in [9.17, 15) is 9.59 Å². The predicted molar refractivity (Wildman–Crippen MR) is 114 cm³/mol. The molecule has 4 aliphatic rings. The van der Waals surface area contributed by atoms with Gasteiger partial charge in [0, 0.05) is 32.1 Å². The molecule has 2 aliphatic carbocycles. The van der Waals surface area contributed by atoms with Gasteiger partial charge in [0.1, 0.15) is 11.2 Å². The van der Waals surface area contributed by atoms with Crippen LogP contribution in [-0.4, -0.2) is 49.4 Å². The summed E-state index contributed by atoms with van der Waals surface area (Å²) in [7, 11) is 1.72. The van der Waals surface area contributed by atoms with Crippen LogP contribution in [0, 0.1) is 29.0 Å². The first-order valence-corrected chi connectivity index (χ1v) is 10.6. The van der Waals surface area contributed by atoms with E-state index in [1.165, 1.54) is 6.20 Å². The molecule has 3 N–H and O–H groups in total. The van der Waals surface area contributed by atoms with Crippen LogP contribution in [0.25, 0.3) is 10.9 Å². The number of nitrogens with two attached hydrogens (primary N) is 1. The van der Waals surface area contributed by atoms with E-state index in [0.717, 1.165) is 12.5 Å². The zero-order valence-corrected chi connectivity index (χ0v) is 17.5. The number of hydrogen-bond acceptors (Lipinski definition) is 7. The van der Waals surface area contributed by atoms with Gasteiger partial charge in [-0.1, -0.05) is 12.2 Å². The first kappa shape index (κ1) is 19.4. The zero-order valence-electron chi connectivity index (χ0n) is 17.5. The molecular formula is C22H23FN4O5. The number of pyridine rings is 1. The number of fused-ring (bicyclic) bond motifs is 5. The highest BCUT2D eigenvalue weighted by Gasteiger charge is 2.57. The van der Waals surface area contributed by atoms with Gasteiger partial charge in [-0.2, -0.15) is 0 Å². The van der Waals surface area contributed by atoms with E-state index < -0.39 is 17.4 Å². The van der Waals surface area contributed by atoms with Crippen molar-refractivity contribution < 1.29 is 23.8 Å². The van der Waals surface area contributed by atoms with Crippen LogP contribution < -0.4 is 30.5 Å². The second kappa shape index (κ2) is 6.38. The van der Waals surface area contributed by atoms with Crippen molar-refractivity contribution >= 4 is 22.7 Å². The molecule has 2 bridgehead atoms. The monoisotopic (exact) mass is 442 g/mol. The highest BCUT2D eigenvalue weighted by Crippen LogP contribution is 2.59. The minimum Gasteiger partial charge on any atom is -0.467 e. The van der Waals surface area contributed by atoms with Crippen LogP contribution in [0.3, 0.4) is 0 Å². The smallest absolute Gasteiger partial charge is 0.467 e. The zero-order chi connectivity index (χ0) is 22.4. The molecule has 0 spiro atoms. The standard InChI is InChI=1S/C22H23FN4O5/c1-25-10-31-20-17-12(19(28)16(8-27(17)25)32-21(29)30)4-15(23)18(20)26-6-13-11-2-3-22(5-11,9-24)14(13)7-26/h2-4,8,11,13-14H,5-7,9-10,24H2,1H3,(H,29,30). The fourth-order valence-corrected chi connectivity index (χ4v) is 6.28. The van der Waals surface area contributed by atoms with Crippen molar-refractivity contribution in [2.24, 2.45) is 28.9 Å². The van der Waals surface area contributed by atoms with Crippen LogP contribution in [0.15, 0.2) is 29.2 Å². The number of halogens is 1. The summed E-state index contributed by atoms with van der Waals surface area (Å²) in [6.45, 7) is 2.04. The molecule has 32 heavy (non-hydrogen) atoms. The molecule has 0 radical (unpaired) electrons. The number of allylic oxidation sites excluding steroid dienone is 1. The van der Waals surface area contributed by atoms with Crippen molar-refractivity contribution in [3.05, 3.63) is 40.5 Å². The molecular weight excluding hydrogens is 419 g/mol. The summed E-state index contributed by atoms with van der Waals surface area (Å²) in [6, 6.07) is 1.16. The Morgan fingerprint density at radius 1 is 1.44 bits per heavy atom. The molecule has 0 amide bonds. The lowest BCUT2D eigenvalue weighted by atomic mass is 9.75. The van der Waals surface area contributed by atoms with Crippen LogP contribution in [-0.2, 0) is 0 Å². The van der Waals surface area contributed by atoms with Crippen molar-refractivity contribution in [2.45, 2.75) is 6.42 Å². The fourth-order valence-electron chi connectivity index (χ4n) is 6.28.